The smallest absolute Gasteiger partial charge is 0.356 e. The Hall–Kier alpha value is -2.15. The monoisotopic (exact) mass is 433 g/mol. The van der Waals surface area contributed by atoms with E-state index in [1.54, 1.807) is 6.07 Å². The predicted molar refractivity (Wildman–Crippen MR) is 109 cm³/mol. The number of amides is 1. The molecule has 0 radical (unpaired) electrons. The molecule has 1 N–H and O–H groups in total. The fourth-order valence-electron chi connectivity index (χ4n) is 3.49. The molecule has 1 fully saturated rings. The van der Waals surface area contributed by atoms with Crippen molar-refractivity contribution in [3.63, 3.8) is 0 Å². The topological polar surface area (TPSA) is 71.5 Å². The number of benzene rings is 1. The molecule has 27 heavy (non-hydrogen) atoms. The number of carbonyl (C=O) groups excluding carboxylic acids is 2. The third kappa shape index (κ3) is 4.58. The van der Waals surface area contributed by atoms with E-state index in [0.29, 0.717) is 18.7 Å². The summed E-state index contributed by atoms with van der Waals surface area (Å²) in [6, 6.07) is 7.70. The minimum Gasteiger partial charge on any atom is -0.464 e. The highest BCUT2D eigenvalue weighted by atomic mass is 79.9. The van der Waals surface area contributed by atoms with E-state index in [4.69, 9.17) is 4.74 Å². The first-order chi connectivity index (χ1) is 13.0. The van der Waals surface area contributed by atoms with Crippen LogP contribution in [0.5, 0.6) is 0 Å². The van der Waals surface area contributed by atoms with Crippen LogP contribution in [0, 0.1) is 0 Å². The summed E-state index contributed by atoms with van der Waals surface area (Å²) in [7, 11) is 1.36. The lowest BCUT2D eigenvalue weighted by molar-refractivity contribution is -0.121. The number of hydrogen-bond acceptors (Lipinski definition) is 5. The fourth-order valence-corrected chi connectivity index (χ4v) is 3.85. The van der Waals surface area contributed by atoms with Crippen molar-refractivity contribution in [2.45, 2.75) is 38.6 Å². The molecule has 6 nitrogen and oxygen atoms in total. The van der Waals surface area contributed by atoms with Crippen molar-refractivity contribution in [2.75, 3.05) is 25.1 Å². The first-order valence-corrected chi connectivity index (χ1v) is 10.0. The van der Waals surface area contributed by atoms with Crippen LogP contribution in [0.3, 0.4) is 0 Å². The van der Waals surface area contributed by atoms with Gasteiger partial charge < -0.3 is 15.0 Å². The molecule has 1 amide bonds. The lowest BCUT2D eigenvalue weighted by Crippen LogP contribution is -2.47. The van der Waals surface area contributed by atoms with Crippen LogP contribution in [-0.4, -0.2) is 43.1 Å². The zero-order chi connectivity index (χ0) is 19.4. The summed E-state index contributed by atoms with van der Waals surface area (Å²) < 4.78 is 5.82. The van der Waals surface area contributed by atoms with Crippen molar-refractivity contribution in [1.29, 1.82) is 0 Å². The molecule has 3 rings (SSSR count). The number of fused-ring (bicyclic) bond motifs is 1. The molecule has 1 unspecified atom stereocenters. The molecule has 1 saturated heterocycles. The van der Waals surface area contributed by atoms with E-state index in [-0.39, 0.29) is 11.9 Å². The van der Waals surface area contributed by atoms with Gasteiger partial charge in [0.15, 0.2) is 5.69 Å². The molecule has 2 aromatic rings. The van der Waals surface area contributed by atoms with Gasteiger partial charge in [-0.3, -0.25) is 4.79 Å². The Morgan fingerprint density at radius 1 is 1.37 bits per heavy atom. The number of pyridine rings is 1. The summed E-state index contributed by atoms with van der Waals surface area (Å²) in [6.07, 6.45) is 3.33. The number of aromatic nitrogens is 1. The summed E-state index contributed by atoms with van der Waals surface area (Å²) in [5.41, 5.74) is 1.98. The number of ether oxygens (including phenoxy) is 1. The third-order valence-corrected chi connectivity index (χ3v) is 5.24. The molecular weight excluding hydrogens is 410 g/mol. The standard InChI is InChI=1S/C20H24BrN3O3/c1-3-5-19(25)22-14-6-4-9-24(12-14)18-11-17(20(26)27-2)23-16-8-7-13(21)10-15(16)18/h7-8,10-11,14H,3-6,9,12H2,1-2H3,(H,22,25). The average Bonchev–Trinajstić information content (AvgIpc) is 2.67. The average molecular weight is 434 g/mol. The van der Waals surface area contributed by atoms with Gasteiger partial charge in [0.1, 0.15) is 0 Å². The second-order valence-corrected chi connectivity index (χ2v) is 7.70. The Balaban J connectivity index is 1.95. The summed E-state index contributed by atoms with van der Waals surface area (Å²) in [5.74, 6) is -0.354. The molecule has 0 aliphatic carbocycles. The number of anilines is 1. The van der Waals surface area contributed by atoms with Crippen LogP contribution in [0.1, 0.15) is 43.1 Å². The fraction of sp³-hybridized carbons (Fsp3) is 0.450. The number of nitrogens with one attached hydrogen (secondary N) is 1. The molecule has 1 atom stereocenters. The third-order valence-electron chi connectivity index (χ3n) is 4.75. The molecular formula is C20H24BrN3O3. The zero-order valence-corrected chi connectivity index (χ0v) is 17.2. The quantitative estimate of drug-likeness (QED) is 0.728. The van der Waals surface area contributed by atoms with Crippen LogP contribution in [0.4, 0.5) is 5.69 Å². The van der Waals surface area contributed by atoms with Crippen molar-refractivity contribution < 1.29 is 14.3 Å². The van der Waals surface area contributed by atoms with Crippen LogP contribution in [0.2, 0.25) is 0 Å². The zero-order valence-electron chi connectivity index (χ0n) is 15.6. The number of esters is 1. The summed E-state index contributed by atoms with van der Waals surface area (Å²) in [5, 5.41) is 4.10. The SMILES string of the molecule is CCCC(=O)NC1CCCN(c2cc(C(=O)OC)nc3ccc(Br)cc23)C1. The van der Waals surface area contributed by atoms with Gasteiger partial charge in [0.2, 0.25) is 5.91 Å². The molecule has 2 heterocycles. The van der Waals surface area contributed by atoms with Gasteiger partial charge in [0, 0.05) is 41.1 Å². The van der Waals surface area contributed by atoms with E-state index in [1.807, 2.05) is 25.1 Å². The van der Waals surface area contributed by atoms with Gasteiger partial charge >= 0.3 is 5.97 Å². The molecule has 1 aromatic carbocycles. The van der Waals surface area contributed by atoms with Gasteiger partial charge in [-0.15, -0.1) is 0 Å². The van der Waals surface area contributed by atoms with E-state index in [1.165, 1.54) is 7.11 Å². The van der Waals surface area contributed by atoms with Gasteiger partial charge in [-0.05, 0) is 43.5 Å². The summed E-state index contributed by atoms with van der Waals surface area (Å²) in [4.78, 5) is 30.7. The normalized spacial score (nSPS) is 17.0. The van der Waals surface area contributed by atoms with Crippen molar-refractivity contribution in [1.82, 2.24) is 10.3 Å². The Labute approximate surface area is 167 Å². The molecule has 0 bridgehead atoms. The van der Waals surface area contributed by atoms with Gasteiger partial charge in [-0.2, -0.15) is 0 Å². The number of halogens is 1. The first-order valence-electron chi connectivity index (χ1n) is 9.24. The van der Waals surface area contributed by atoms with Gasteiger partial charge in [0.25, 0.3) is 0 Å². The van der Waals surface area contributed by atoms with Crippen LogP contribution >= 0.6 is 15.9 Å². The van der Waals surface area contributed by atoms with Crippen molar-refractivity contribution >= 4 is 44.4 Å². The van der Waals surface area contributed by atoms with E-state index in [0.717, 1.165) is 46.9 Å². The van der Waals surface area contributed by atoms with E-state index in [9.17, 15) is 9.59 Å². The second-order valence-electron chi connectivity index (χ2n) is 6.78. The predicted octanol–water partition coefficient (Wildman–Crippen LogP) is 3.67. The van der Waals surface area contributed by atoms with Gasteiger partial charge in [-0.1, -0.05) is 22.9 Å². The van der Waals surface area contributed by atoms with E-state index in [2.05, 4.69) is 31.1 Å². The molecule has 1 aromatic heterocycles. The number of carbonyl (C=O) groups is 2. The highest BCUT2D eigenvalue weighted by Crippen LogP contribution is 2.31. The Kier molecular flexibility index (Phi) is 6.31. The Bertz CT molecular complexity index is 856. The van der Waals surface area contributed by atoms with Crippen LogP contribution in [0.25, 0.3) is 10.9 Å². The summed E-state index contributed by atoms with van der Waals surface area (Å²) >= 11 is 3.52. The van der Waals surface area contributed by atoms with Crippen LogP contribution < -0.4 is 10.2 Å². The van der Waals surface area contributed by atoms with Crippen molar-refractivity contribution in [3.05, 3.63) is 34.4 Å². The molecule has 1 aliphatic rings. The van der Waals surface area contributed by atoms with Gasteiger partial charge in [0.05, 0.1) is 12.6 Å². The van der Waals surface area contributed by atoms with Crippen LogP contribution in [-0.2, 0) is 9.53 Å². The maximum Gasteiger partial charge on any atom is 0.356 e. The molecule has 7 heteroatoms. The summed E-state index contributed by atoms with van der Waals surface area (Å²) in [6.45, 7) is 3.58. The van der Waals surface area contributed by atoms with Crippen molar-refractivity contribution in [2.24, 2.45) is 0 Å². The lowest BCUT2D eigenvalue weighted by Gasteiger charge is -2.35. The maximum atomic E-state index is 12.1. The minimum absolute atomic E-state index is 0.0990. The van der Waals surface area contributed by atoms with E-state index < -0.39 is 5.97 Å². The van der Waals surface area contributed by atoms with E-state index >= 15 is 0 Å². The molecule has 0 spiro atoms. The Morgan fingerprint density at radius 2 is 2.19 bits per heavy atom. The first kappa shape index (κ1) is 19.6. The largest absolute Gasteiger partial charge is 0.464 e. The lowest BCUT2D eigenvalue weighted by atomic mass is 10.0. The molecule has 1 aliphatic heterocycles. The maximum absolute atomic E-state index is 12.1. The number of nitrogens with zero attached hydrogens (tertiary/aromatic N) is 2. The molecule has 144 valence electrons. The second kappa shape index (κ2) is 8.69. The van der Waals surface area contributed by atoms with Crippen LogP contribution in [0.15, 0.2) is 28.7 Å². The van der Waals surface area contributed by atoms with Gasteiger partial charge in [-0.25, -0.2) is 9.78 Å². The minimum atomic E-state index is -0.453. The number of rotatable bonds is 5. The number of hydrogen-bond donors (Lipinski definition) is 1. The van der Waals surface area contributed by atoms with Crippen molar-refractivity contribution in [3.8, 4) is 0 Å². The highest BCUT2D eigenvalue weighted by Gasteiger charge is 2.24. The number of methoxy groups -OCH3 is 1. The Morgan fingerprint density at radius 3 is 2.93 bits per heavy atom. The highest BCUT2D eigenvalue weighted by molar-refractivity contribution is 9.10. The molecule has 0 saturated carbocycles. The number of piperidine rings is 1.